The summed E-state index contributed by atoms with van der Waals surface area (Å²) in [6, 6.07) is 15.9. The van der Waals surface area contributed by atoms with Crippen molar-refractivity contribution in [1.82, 2.24) is 9.97 Å². The van der Waals surface area contributed by atoms with Crippen LogP contribution >= 0.6 is 0 Å². The van der Waals surface area contributed by atoms with Crippen molar-refractivity contribution in [2.45, 2.75) is 0 Å². The minimum Gasteiger partial charge on any atom is -0.497 e. The molecule has 178 valence electrons. The molecule has 1 heterocycles. The fraction of sp³-hybridized carbons (Fsp3) is 0.250. The minimum absolute atomic E-state index is 0.0527. The van der Waals surface area contributed by atoms with Gasteiger partial charge in [0.1, 0.15) is 17.3 Å². The highest BCUT2D eigenvalue weighted by molar-refractivity contribution is 5.94. The summed E-state index contributed by atoms with van der Waals surface area (Å²) < 4.78 is 10.2. The van der Waals surface area contributed by atoms with Crippen LogP contribution in [-0.4, -0.2) is 63.2 Å². The number of nitrogens with zero attached hydrogens (tertiary/aromatic N) is 4. The van der Waals surface area contributed by atoms with Gasteiger partial charge in [0.05, 0.1) is 27.3 Å². The third-order valence-electron chi connectivity index (χ3n) is 4.87. The van der Waals surface area contributed by atoms with Crippen LogP contribution in [0.4, 0.5) is 23.1 Å². The highest BCUT2D eigenvalue weighted by atomic mass is 16.5. The Labute approximate surface area is 198 Å². The predicted molar refractivity (Wildman–Crippen MR) is 132 cm³/mol. The van der Waals surface area contributed by atoms with Crippen LogP contribution in [0, 0.1) is 0 Å². The molecule has 0 unspecified atom stereocenters. The van der Waals surface area contributed by atoms with E-state index in [2.05, 4.69) is 20.6 Å². The highest BCUT2D eigenvalue weighted by Crippen LogP contribution is 2.17. The number of anilines is 4. The van der Waals surface area contributed by atoms with Crippen molar-refractivity contribution in [2.24, 2.45) is 0 Å². The molecule has 10 nitrogen and oxygen atoms in total. The number of hydrogen-bond donors (Lipinski definition) is 2. The van der Waals surface area contributed by atoms with E-state index in [1.807, 2.05) is 0 Å². The number of amides is 2. The Morgan fingerprint density at radius 2 is 1.24 bits per heavy atom. The molecule has 0 saturated carbocycles. The molecule has 1 aromatic heterocycles. The molecule has 0 aliphatic heterocycles. The lowest BCUT2D eigenvalue weighted by molar-refractivity contribution is -0.115. The van der Waals surface area contributed by atoms with Gasteiger partial charge >= 0.3 is 0 Å². The number of nitrogens with one attached hydrogen (secondary N) is 2. The van der Waals surface area contributed by atoms with E-state index in [4.69, 9.17) is 9.47 Å². The van der Waals surface area contributed by atoms with E-state index < -0.39 is 0 Å². The van der Waals surface area contributed by atoms with E-state index in [1.54, 1.807) is 98.9 Å². The fourth-order valence-electron chi connectivity index (χ4n) is 3.07. The Balaban J connectivity index is 1.55. The molecule has 0 atom stereocenters. The molecule has 3 rings (SSSR count). The van der Waals surface area contributed by atoms with E-state index in [1.165, 1.54) is 0 Å². The number of aromatic nitrogens is 2. The van der Waals surface area contributed by atoms with Gasteiger partial charge in [-0.05, 0) is 54.6 Å². The quantitative estimate of drug-likeness (QED) is 0.471. The molecule has 0 saturated heterocycles. The number of carbonyl (C=O) groups is 2. The van der Waals surface area contributed by atoms with E-state index in [0.717, 1.165) is 0 Å². The van der Waals surface area contributed by atoms with Gasteiger partial charge in [-0.2, -0.15) is 4.98 Å². The van der Waals surface area contributed by atoms with Gasteiger partial charge in [-0.1, -0.05) is 0 Å². The van der Waals surface area contributed by atoms with E-state index in [0.29, 0.717) is 34.6 Å². The Kier molecular flexibility index (Phi) is 8.22. The lowest BCUT2D eigenvalue weighted by Crippen LogP contribution is -2.33. The normalized spacial score (nSPS) is 10.2. The van der Waals surface area contributed by atoms with Crippen LogP contribution in [0.1, 0.15) is 0 Å². The molecular weight excluding hydrogens is 436 g/mol. The lowest BCUT2D eigenvalue weighted by atomic mass is 10.3. The molecule has 2 N–H and O–H groups in total. The van der Waals surface area contributed by atoms with Gasteiger partial charge in [-0.15, -0.1) is 0 Å². The number of rotatable bonds is 10. The summed E-state index contributed by atoms with van der Waals surface area (Å²) in [5.41, 5.74) is 1.33. The zero-order valence-electron chi connectivity index (χ0n) is 19.6. The first-order valence-electron chi connectivity index (χ1n) is 10.5. The third-order valence-corrected chi connectivity index (χ3v) is 4.87. The van der Waals surface area contributed by atoms with Crippen LogP contribution in [0.2, 0.25) is 0 Å². The molecule has 0 fully saturated rings. The Morgan fingerprint density at radius 3 is 1.71 bits per heavy atom. The molecule has 3 aromatic rings. The number of carbonyl (C=O) groups excluding carboxylic acids is 2. The number of methoxy groups -OCH3 is 2. The maximum absolute atomic E-state index is 12.4. The van der Waals surface area contributed by atoms with Crippen molar-refractivity contribution in [2.75, 3.05) is 61.8 Å². The molecule has 2 amide bonds. The molecule has 10 heteroatoms. The Bertz CT molecular complexity index is 1020. The molecule has 34 heavy (non-hydrogen) atoms. The Morgan fingerprint density at radius 1 is 0.765 bits per heavy atom. The second-order valence-electron chi connectivity index (χ2n) is 7.48. The highest BCUT2D eigenvalue weighted by Gasteiger charge is 2.14. The van der Waals surface area contributed by atoms with Crippen LogP contribution < -0.4 is 29.9 Å². The lowest BCUT2D eigenvalue weighted by Gasteiger charge is -2.21. The Hall–Kier alpha value is -4.34. The van der Waals surface area contributed by atoms with Crippen LogP contribution in [0.25, 0.3) is 0 Å². The van der Waals surface area contributed by atoms with Crippen molar-refractivity contribution in [3.8, 4) is 11.5 Å². The molecule has 2 aromatic carbocycles. The largest absolute Gasteiger partial charge is 0.497 e. The van der Waals surface area contributed by atoms with Crippen molar-refractivity contribution in [3.05, 3.63) is 60.8 Å². The van der Waals surface area contributed by atoms with Gasteiger partial charge < -0.3 is 29.9 Å². The van der Waals surface area contributed by atoms with Crippen molar-refractivity contribution in [3.63, 3.8) is 0 Å². The maximum atomic E-state index is 12.4. The van der Waals surface area contributed by atoms with Crippen molar-refractivity contribution >= 4 is 35.0 Å². The van der Waals surface area contributed by atoms with Gasteiger partial charge in [0.15, 0.2) is 0 Å². The van der Waals surface area contributed by atoms with Crippen molar-refractivity contribution < 1.29 is 19.1 Å². The molecule has 0 radical (unpaired) electrons. The van der Waals surface area contributed by atoms with Crippen LogP contribution in [-0.2, 0) is 9.59 Å². The summed E-state index contributed by atoms with van der Waals surface area (Å²) in [4.78, 5) is 36.9. The number of benzene rings is 2. The zero-order chi connectivity index (χ0) is 24.5. The number of ether oxygens (including phenoxy) is 2. The molecule has 0 bridgehead atoms. The topological polar surface area (TPSA) is 109 Å². The average Bonchev–Trinajstić information content (AvgIpc) is 2.85. The van der Waals surface area contributed by atoms with Gasteiger partial charge in [-0.25, -0.2) is 4.98 Å². The summed E-state index contributed by atoms with van der Waals surface area (Å²) in [5, 5.41) is 5.66. The third kappa shape index (κ3) is 6.83. The first-order chi connectivity index (χ1) is 16.4. The summed E-state index contributed by atoms with van der Waals surface area (Å²) in [6.07, 6.45) is 1.59. The number of hydrogen-bond acceptors (Lipinski definition) is 8. The summed E-state index contributed by atoms with van der Waals surface area (Å²) >= 11 is 0. The van der Waals surface area contributed by atoms with Gasteiger partial charge in [0.25, 0.3) is 0 Å². The van der Waals surface area contributed by atoms with Crippen LogP contribution in [0.3, 0.4) is 0 Å². The van der Waals surface area contributed by atoms with Crippen LogP contribution in [0.5, 0.6) is 11.5 Å². The fourth-order valence-corrected chi connectivity index (χ4v) is 3.07. The summed E-state index contributed by atoms with van der Waals surface area (Å²) in [6.45, 7) is 0.140. The second-order valence-corrected chi connectivity index (χ2v) is 7.48. The smallest absolute Gasteiger partial charge is 0.243 e. The van der Waals surface area contributed by atoms with Gasteiger partial charge in [-0.3, -0.25) is 9.59 Å². The van der Waals surface area contributed by atoms with E-state index >= 15 is 0 Å². The van der Waals surface area contributed by atoms with Crippen molar-refractivity contribution in [1.29, 1.82) is 0 Å². The molecule has 0 aliphatic carbocycles. The van der Waals surface area contributed by atoms with E-state index in [-0.39, 0.29) is 24.9 Å². The SMILES string of the molecule is COc1ccc(NC(=O)CN(C)c2ccnc(N(C)CC(=O)Nc3ccc(OC)cc3)n2)cc1. The first kappa shape index (κ1) is 24.3. The second kappa shape index (κ2) is 11.5. The first-order valence-corrected chi connectivity index (χ1v) is 10.5. The predicted octanol–water partition coefficient (Wildman–Crippen LogP) is 2.64. The zero-order valence-corrected chi connectivity index (χ0v) is 19.6. The monoisotopic (exact) mass is 464 g/mol. The average molecular weight is 465 g/mol. The summed E-state index contributed by atoms with van der Waals surface area (Å²) in [5.74, 6) is 1.93. The molecule has 0 aliphatic rings. The number of likely N-dealkylation sites (N-methyl/N-ethyl adjacent to an activating group) is 2. The maximum Gasteiger partial charge on any atom is 0.243 e. The minimum atomic E-state index is -0.214. The molecule has 0 spiro atoms. The molecular formula is C24H28N6O4. The standard InChI is InChI=1S/C24H28N6O4/c1-29(15-22(31)26-17-5-9-19(33-3)10-6-17)21-13-14-25-24(28-21)30(2)16-23(32)27-18-7-11-20(34-4)12-8-18/h5-14H,15-16H2,1-4H3,(H,26,31)(H,27,32). The summed E-state index contributed by atoms with van der Waals surface area (Å²) in [7, 11) is 6.66. The van der Waals surface area contributed by atoms with Crippen LogP contribution in [0.15, 0.2) is 60.8 Å². The van der Waals surface area contributed by atoms with Gasteiger partial charge in [0, 0.05) is 31.7 Å². The van der Waals surface area contributed by atoms with E-state index in [9.17, 15) is 9.59 Å². The van der Waals surface area contributed by atoms with Gasteiger partial charge in [0.2, 0.25) is 17.8 Å².